The topological polar surface area (TPSA) is 26.3 Å². The van der Waals surface area contributed by atoms with Crippen LogP contribution in [0.25, 0.3) is 5.57 Å². The third-order valence-electron chi connectivity index (χ3n) is 2.69. The van der Waals surface area contributed by atoms with Crippen LogP contribution in [0.4, 0.5) is 0 Å². The van der Waals surface area contributed by atoms with E-state index in [2.05, 4.69) is 13.8 Å². The van der Waals surface area contributed by atoms with Crippen molar-refractivity contribution >= 4 is 23.3 Å². The van der Waals surface area contributed by atoms with Gasteiger partial charge in [-0.05, 0) is 43.2 Å². The number of hydrogen-bond donors (Lipinski definition) is 0. The maximum absolute atomic E-state index is 12.0. The van der Waals surface area contributed by atoms with Gasteiger partial charge in [0.1, 0.15) is 0 Å². The molecule has 0 aliphatic heterocycles. The second kappa shape index (κ2) is 8.05. The zero-order valence-corrected chi connectivity index (χ0v) is 12.9. The van der Waals surface area contributed by atoms with Gasteiger partial charge in [0.05, 0.1) is 12.2 Å². The van der Waals surface area contributed by atoms with Crippen LogP contribution in [0.2, 0.25) is 0 Å². The standard InChI is InChI=1S/C16H22O2S/c1-5-18-16(17)15(11-6-12(2)3)13-7-9-14(19-4)10-8-13/h7-12H,5-6H2,1-4H3. The van der Waals surface area contributed by atoms with Crippen molar-refractivity contribution in [3.05, 3.63) is 35.9 Å². The Kier molecular flexibility index (Phi) is 6.71. The molecule has 19 heavy (non-hydrogen) atoms. The molecule has 0 bridgehead atoms. The Morgan fingerprint density at radius 3 is 2.42 bits per heavy atom. The fourth-order valence-corrected chi connectivity index (χ4v) is 2.06. The van der Waals surface area contributed by atoms with Crippen molar-refractivity contribution in [2.45, 2.75) is 32.1 Å². The molecule has 2 nitrogen and oxygen atoms in total. The van der Waals surface area contributed by atoms with Gasteiger partial charge < -0.3 is 4.74 Å². The van der Waals surface area contributed by atoms with Gasteiger partial charge in [-0.25, -0.2) is 4.79 Å². The number of rotatable bonds is 6. The van der Waals surface area contributed by atoms with E-state index in [0.717, 1.165) is 12.0 Å². The Morgan fingerprint density at radius 2 is 1.95 bits per heavy atom. The molecule has 0 spiro atoms. The van der Waals surface area contributed by atoms with Crippen LogP contribution in [-0.4, -0.2) is 18.8 Å². The SMILES string of the molecule is CCOC(=O)C(=CCC(C)C)c1ccc(SC)cc1. The Balaban J connectivity index is 3.00. The molecule has 1 rings (SSSR count). The molecular formula is C16H22O2S. The number of hydrogen-bond acceptors (Lipinski definition) is 3. The van der Waals surface area contributed by atoms with Crippen LogP contribution in [-0.2, 0) is 9.53 Å². The van der Waals surface area contributed by atoms with E-state index < -0.39 is 0 Å². The van der Waals surface area contributed by atoms with Crippen LogP contribution in [0.3, 0.4) is 0 Å². The molecule has 104 valence electrons. The smallest absolute Gasteiger partial charge is 0.338 e. The van der Waals surface area contributed by atoms with E-state index in [1.54, 1.807) is 11.8 Å². The van der Waals surface area contributed by atoms with E-state index in [1.807, 2.05) is 43.5 Å². The first-order valence-corrected chi connectivity index (χ1v) is 7.82. The monoisotopic (exact) mass is 278 g/mol. The maximum atomic E-state index is 12.0. The molecule has 0 N–H and O–H groups in total. The van der Waals surface area contributed by atoms with E-state index in [4.69, 9.17) is 4.74 Å². The van der Waals surface area contributed by atoms with Gasteiger partial charge in [0.2, 0.25) is 0 Å². The summed E-state index contributed by atoms with van der Waals surface area (Å²) in [6, 6.07) is 8.02. The molecule has 1 aromatic carbocycles. The summed E-state index contributed by atoms with van der Waals surface area (Å²) in [5.74, 6) is 0.287. The summed E-state index contributed by atoms with van der Waals surface area (Å²) in [5.41, 5.74) is 1.60. The second-order valence-electron chi connectivity index (χ2n) is 4.70. The number of allylic oxidation sites excluding steroid dienone is 1. The molecule has 0 aliphatic carbocycles. The summed E-state index contributed by atoms with van der Waals surface area (Å²) < 4.78 is 5.13. The van der Waals surface area contributed by atoms with E-state index in [1.165, 1.54) is 4.90 Å². The first kappa shape index (κ1) is 15.8. The summed E-state index contributed by atoms with van der Waals surface area (Å²) in [6.45, 7) is 6.50. The molecule has 0 amide bonds. The highest BCUT2D eigenvalue weighted by Gasteiger charge is 2.13. The van der Waals surface area contributed by atoms with Gasteiger partial charge in [0.25, 0.3) is 0 Å². The Morgan fingerprint density at radius 1 is 1.32 bits per heavy atom. The van der Waals surface area contributed by atoms with Gasteiger partial charge in [0.15, 0.2) is 0 Å². The minimum Gasteiger partial charge on any atom is -0.462 e. The average molecular weight is 278 g/mol. The highest BCUT2D eigenvalue weighted by atomic mass is 32.2. The zero-order valence-electron chi connectivity index (χ0n) is 12.1. The number of esters is 1. The van der Waals surface area contributed by atoms with E-state index >= 15 is 0 Å². The number of ether oxygens (including phenoxy) is 1. The third kappa shape index (κ3) is 5.11. The molecule has 0 fully saturated rings. The molecule has 0 unspecified atom stereocenters. The van der Waals surface area contributed by atoms with Gasteiger partial charge in [-0.3, -0.25) is 0 Å². The second-order valence-corrected chi connectivity index (χ2v) is 5.58. The van der Waals surface area contributed by atoms with Crippen LogP contribution in [0.1, 0.15) is 32.8 Å². The van der Waals surface area contributed by atoms with E-state index in [9.17, 15) is 4.79 Å². The quantitative estimate of drug-likeness (QED) is 0.438. The molecular weight excluding hydrogens is 256 g/mol. The Bertz CT molecular complexity index is 433. The normalized spacial score (nSPS) is 11.7. The van der Waals surface area contributed by atoms with Crippen LogP contribution < -0.4 is 0 Å². The fourth-order valence-electron chi connectivity index (χ4n) is 1.65. The molecule has 0 saturated carbocycles. The predicted octanol–water partition coefficient (Wildman–Crippen LogP) is 4.40. The van der Waals surface area contributed by atoms with E-state index in [0.29, 0.717) is 18.1 Å². The largest absolute Gasteiger partial charge is 0.462 e. The van der Waals surface area contributed by atoms with Crippen molar-refractivity contribution < 1.29 is 9.53 Å². The molecule has 3 heteroatoms. The van der Waals surface area contributed by atoms with Gasteiger partial charge in [-0.2, -0.15) is 0 Å². The number of thioether (sulfide) groups is 1. The lowest BCUT2D eigenvalue weighted by molar-refractivity contribution is -0.136. The lowest BCUT2D eigenvalue weighted by Crippen LogP contribution is -2.07. The third-order valence-corrected chi connectivity index (χ3v) is 3.43. The molecule has 0 aromatic heterocycles. The molecule has 0 atom stereocenters. The molecule has 0 saturated heterocycles. The molecule has 1 aromatic rings. The van der Waals surface area contributed by atoms with Crippen molar-refractivity contribution in [1.29, 1.82) is 0 Å². The first-order valence-electron chi connectivity index (χ1n) is 6.60. The van der Waals surface area contributed by atoms with Crippen LogP contribution in [0.15, 0.2) is 35.2 Å². The van der Waals surface area contributed by atoms with Gasteiger partial charge in [0, 0.05) is 4.90 Å². The van der Waals surface area contributed by atoms with Crippen LogP contribution in [0.5, 0.6) is 0 Å². The number of carbonyl (C=O) groups excluding carboxylic acids is 1. The van der Waals surface area contributed by atoms with Crippen molar-refractivity contribution in [3.63, 3.8) is 0 Å². The fraction of sp³-hybridized carbons (Fsp3) is 0.438. The van der Waals surface area contributed by atoms with E-state index in [-0.39, 0.29) is 5.97 Å². The van der Waals surface area contributed by atoms with Crippen LogP contribution in [0, 0.1) is 5.92 Å². The average Bonchev–Trinajstić information content (AvgIpc) is 2.39. The molecule has 0 radical (unpaired) electrons. The highest BCUT2D eigenvalue weighted by molar-refractivity contribution is 7.98. The number of benzene rings is 1. The first-order chi connectivity index (χ1) is 9.08. The highest BCUT2D eigenvalue weighted by Crippen LogP contribution is 2.22. The lowest BCUT2D eigenvalue weighted by Gasteiger charge is -2.09. The van der Waals surface area contributed by atoms with Gasteiger partial charge in [-0.1, -0.05) is 32.1 Å². The minimum absolute atomic E-state index is 0.236. The van der Waals surface area contributed by atoms with Crippen molar-refractivity contribution in [3.8, 4) is 0 Å². The summed E-state index contributed by atoms with van der Waals surface area (Å²) >= 11 is 1.69. The minimum atomic E-state index is -0.236. The summed E-state index contributed by atoms with van der Waals surface area (Å²) in [7, 11) is 0. The molecule has 0 heterocycles. The van der Waals surface area contributed by atoms with Crippen molar-refractivity contribution in [1.82, 2.24) is 0 Å². The summed E-state index contributed by atoms with van der Waals surface area (Å²) in [6.07, 6.45) is 4.89. The lowest BCUT2D eigenvalue weighted by atomic mass is 10.0. The summed E-state index contributed by atoms with van der Waals surface area (Å²) in [4.78, 5) is 13.2. The van der Waals surface area contributed by atoms with Crippen molar-refractivity contribution in [2.75, 3.05) is 12.9 Å². The van der Waals surface area contributed by atoms with Crippen LogP contribution >= 0.6 is 11.8 Å². The summed E-state index contributed by atoms with van der Waals surface area (Å²) in [5, 5.41) is 0. The predicted molar refractivity (Wildman–Crippen MR) is 82.3 cm³/mol. The van der Waals surface area contributed by atoms with Crippen molar-refractivity contribution in [2.24, 2.45) is 5.92 Å². The molecule has 0 aliphatic rings. The Labute approximate surface area is 120 Å². The maximum Gasteiger partial charge on any atom is 0.338 e. The number of carbonyl (C=O) groups is 1. The Hall–Kier alpha value is -1.22. The van der Waals surface area contributed by atoms with Gasteiger partial charge >= 0.3 is 5.97 Å². The zero-order chi connectivity index (χ0) is 14.3. The van der Waals surface area contributed by atoms with Gasteiger partial charge in [-0.15, -0.1) is 11.8 Å².